The van der Waals surface area contributed by atoms with E-state index >= 15 is 0 Å². The quantitative estimate of drug-likeness (QED) is 0.564. The van der Waals surface area contributed by atoms with Gasteiger partial charge in [0.1, 0.15) is 18.3 Å². The molecule has 0 aromatic rings. The Morgan fingerprint density at radius 1 is 1.57 bits per heavy atom. The molecule has 1 saturated heterocycles. The van der Waals surface area contributed by atoms with E-state index in [9.17, 15) is 14.7 Å². The predicted molar refractivity (Wildman–Crippen MR) is 75.5 cm³/mol. The molecule has 0 aliphatic carbocycles. The van der Waals surface area contributed by atoms with Crippen molar-refractivity contribution in [1.82, 2.24) is 0 Å². The molecule has 0 bridgehead atoms. The Balaban J connectivity index is 2.68. The van der Waals surface area contributed by atoms with E-state index in [1.807, 2.05) is 6.92 Å². The van der Waals surface area contributed by atoms with Gasteiger partial charge in [-0.3, -0.25) is 9.59 Å². The summed E-state index contributed by atoms with van der Waals surface area (Å²) in [5, 5.41) is 10.1. The lowest BCUT2D eigenvalue weighted by Crippen LogP contribution is -2.46. The van der Waals surface area contributed by atoms with Gasteiger partial charge in [0.05, 0.1) is 12.5 Å². The second kappa shape index (κ2) is 8.79. The standard InChI is InChI=1S/C15H24O6/c1-4-5-6-11(20-10(2)16)7-8-12-15(18)13(19-3)9-14(17)21-12/h7-8,11-13,15,18H,4-6,9H2,1-3H3/b8-7-/t11-,12-,13+,15+/m0/s1. The number of hydrogen-bond acceptors (Lipinski definition) is 6. The summed E-state index contributed by atoms with van der Waals surface area (Å²) >= 11 is 0. The van der Waals surface area contributed by atoms with Crippen LogP contribution in [0.25, 0.3) is 0 Å². The molecule has 0 saturated carbocycles. The summed E-state index contributed by atoms with van der Waals surface area (Å²) in [6.07, 6.45) is 3.19. The fraction of sp³-hybridized carbons (Fsp3) is 0.733. The number of rotatable bonds is 7. The van der Waals surface area contributed by atoms with Crippen LogP contribution in [0.5, 0.6) is 0 Å². The highest BCUT2D eigenvalue weighted by atomic mass is 16.6. The van der Waals surface area contributed by atoms with Gasteiger partial charge >= 0.3 is 11.9 Å². The molecule has 6 nitrogen and oxygen atoms in total. The average Bonchev–Trinajstić information content (AvgIpc) is 2.44. The van der Waals surface area contributed by atoms with E-state index in [1.54, 1.807) is 12.2 Å². The van der Waals surface area contributed by atoms with Crippen LogP contribution < -0.4 is 0 Å². The van der Waals surface area contributed by atoms with Crippen molar-refractivity contribution < 1.29 is 28.9 Å². The topological polar surface area (TPSA) is 82.1 Å². The number of hydrogen-bond donors (Lipinski definition) is 1. The Morgan fingerprint density at radius 3 is 2.86 bits per heavy atom. The third-order valence-electron chi connectivity index (χ3n) is 3.33. The third kappa shape index (κ3) is 5.85. The van der Waals surface area contributed by atoms with E-state index in [4.69, 9.17) is 14.2 Å². The van der Waals surface area contributed by atoms with E-state index < -0.39 is 24.3 Å². The van der Waals surface area contributed by atoms with Crippen molar-refractivity contribution >= 4 is 11.9 Å². The lowest BCUT2D eigenvalue weighted by Gasteiger charge is -2.31. The molecule has 0 aromatic carbocycles. The first kappa shape index (κ1) is 17.7. The molecule has 21 heavy (non-hydrogen) atoms. The van der Waals surface area contributed by atoms with Gasteiger partial charge in [0.2, 0.25) is 0 Å². The molecule has 6 heteroatoms. The number of ether oxygens (including phenoxy) is 3. The van der Waals surface area contributed by atoms with Crippen molar-refractivity contribution in [1.29, 1.82) is 0 Å². The van der Waals surface area contributed by atoms with Gasteiger partial charge in [-0.15, -0.1) is 0 Å². The van der Waals surface area contributed by atoms with Gasteiger partial charge in [0.25, 0.3) is 0 Å². The molecular formula is C15H24O6. The Labute approximate surface area is 125 Å². The molecule has 0 radical (unpaired) electrons. The number of methoxy groups -OCH3 is 1. The number of carbonyl (C=O) groups excluding carboxylic acids is 2. The summed E-state index contributed by atoms with van der Waals surface area (Å²) in [6.45, 7) is 3.40. The maximum absolute atomic E-state index is 11.5. The Kier molecular flexibility index (Phi) is 7.39. The molecule has 4 atom stereocenters. The first-order valence-corrected chi connectivity index (χ1v) is 7.23. The van der Waals surface area contributed by atoms with Crippen molar-refractivity contribution in [3.05, 3.63) is 12.2 Å². The van der Waals surface area contributed by atoms with Crippen molar-refractivity contribution in [2.45, 2.75) is 63.9 Å². The predicted octanol–water partition coefficient (Wildman–Crippen LogP) is 1.36. The molecule has 1 rings (SSSR count). The van der Waals surface area contributed by atoms with E-state index in [1.165, 1.54) is 14.0 Å². The van der Waals surface area contributed by atoms with Gasteiger partial charge in [0, 0.05) is 14.0 Å². The van der Waals surface area contributed by atoms with Crippen molar-refractivity contribution in [2.24, 2.45) is 0 Å². The highest BCUT2D eigenvalue weighted by Gasteiger charge is 2.36. The largest absolute Gasteiger partial charge is 0.458 e. The number of esters is 2. The van der Waals surface area contributed by atoms with Crippen molar-refractivity contribution in [3.8, 4) is 0 Å². The average molecular weight is 300 g/mol. The minimum absolute atomic E-state index is 0.0330. The second-order valence-electron chi connectivity index (χ2n) is 5.10. The molecule has 0 amide bonds. The normalized spacial score (nSPS) is 27.4. The lowest BCUT2D eigenvalue weighted by atomic mass is 10.0. The third-order valence-corrected chi connectivity index (χ3v) is 3.33. The maximum atomic E-state index is 11.5. The van der Waals surface area contributed by atoms with Crippen LogP contribution in [0.2, 0.25) is 0 Å². The van der Waals surface area contributed by atoms with Crippen LogP contribution in [0.4, 0.5) is 0 Å². The molecule has 1 heterocycles. The molecule has 120 valence electrons. The Bertz CT molecular complexity index is 378. The highest BCUT2D eigenvalue weighted by Crippen LogP contribution is 2.20. The van der Waals surface area contributed by atoms with Crippen LogP contribution in [0.15, 0.2) is 12.2 Å². The van der Waals surface area contributed by atoms with E-state index in [0.29, 0.717) is 6.42 Å². The lowest BCUT2D eigenvalue weighted by molar-refractivity contribution is -0.175. The zero-order chi connectivity index (χ0) is 15.8. The van der Waals surface area contributed by atoms with Crippen LogP contribution >= 0.6 is 0 Å². The summed E-state index contributed by atoms with van der Waals surface area (Å²) in [7, 11) is 1.44. The zero-order valence-corrected chi connectivity index (χ0v) is 12.8. The summed E-state index contributed by atoms with van der Waals surface area (Å²) in [5.41, 5.74) is 0. The number of unbranched alkanes of at least 4 members (excludes halogenated alkanes) is 1. The summed E-state index contributed by atoms with van der Waals surface area (Å²) in [6, 6.07) is 0. The Morgan fingerprint density at radius 2 is 2.29 bits per heavy atom. The zero-order valence-electron chi connectivity index (χ0n) is 12.8. The number of carbonyl (C=O) groups is 2. The van der Waals surface area contributed by atoms with Gasteiger partial charge in [-0.25, -0.2) is 0 Å². The van der Waals surface area contributed by atoms with E-state index in [2.05, 4.69) is 0 Å². The molecule has 1 fully saturated rings. The molecular weight excluding hydrogens is 276 g/mol. The SMILES string of the molecule is CCCC[C@@H](/C=C\[C@@H]1OC(=O)C[C@@H](OC)[C@@H]1O)OC(C)=O. The van der Waals surface area contributed by atoms with Crippen molar-refractivity contribution in [2.75, 3.05) is 7.11 Å². The molecule has 1 N–H and O–H groups in total. The second-order valence-corrected chi connectivity index (χ2v) is 5.10. The van der Waals surface area contributed by atoms with Gasteiger partial charge in [-0.1, -0.05) is 13.3 Å². The maximum Gasteiger partial charge on any atom is 0.309 e. The van der Waals surface area contributed by atoms with Crippen LogP contribution in [-0.2, 0) is 23.8 Å². The Hall–Kier alpha value is -1.40. The van der Waals surface area contributed by atoms with Gasteiger partial charge in [0.15, 0.2) is 0 Å². The van der Waals surface area contributed by atoms with Crippen LogP contribution in [0.3, 0.4) is 0 Å². The smallest absolute Gasteiger partial charge is 0.309 e. The van der Waals surface area contributed by atoms with Gasteiger partial charge < -0.3 is 19.3 Å². The summed E-state index contributed by atoms with van der Waals surface area (Å²) < 4.78 is 15.3. The molecule has 0 spiro atoms. The molecule has 1 aliphatic rings. The molecule has 0 aromatic heterocycles. The fourth-order valence-electron chi connectivity index (χ4n) is 2.19. The number of aliphatic hydroxyl groups excluding tert-OH is 1. The fourth-order valence-corrected chi connectivity index (χ4v) is 2.19. The monoisotopic (exact) mass is 300 g/mol. The van der Waals surface area contributed by atoms with E-state index in [-0.39, 0.29) is 18.5 Å². The summed E-state index contributed by atoms with van der Waals surface area (Å²) in [5.74, 6) is -0.781. The first-order valence-electron chi connectivity index (χ1n) is 7.23. The van der Waals surface area contributed by atoms with E-state index in [0.717, 1.165) is 12.8 Å². The summed E-state index contributed by atoms with van der Waals surface area (Å²) in [4.78, 5) is 22.5. The van der Waals surface area contributed by atoms with Gasteiger partial charge in [-0.05, 0) is 25.0 Å². The van der Waals surface area contributed by atoms with Crippen LogP contribution in [0, 0.1) is 0 Å². The minimum Gasteiger partial charge on any atom is -0.458 e. The highest BCUT2D eigenvalue weighted by molar-refractivity contribution is 5.71. The number of aliphatic hydroxyl groups is 1. The van der Waals surface area contributed by atoms with Crippen LogP contribution in [0.1, 0.15) is 39.5 Å². The van der Waals surface area contributed by atoms with Gasteiger partial charge in [-0.2, -0.15) is 0 Å². The first-order chi connectivity index (χ1) is 9.97. The molecule has 1 aliphatic heterocycles. The van der Waals surface area contributed by atoms with Crippen LogP contribution in [-0.4, -0.2) is 48.6 Å². The van der Waals surface area contributed by atoms with Crippen molar-refractivity contribution in [3.63, 3.8) is 0 Å². The minimum atomic E-state index is -0.923. The molecule has 0 unspecified atom stereocenters. The number of cyclic esters (lactones) is 1.